The number of rotatable bonds is 4. The highest BCUT2D eigenvalue weighted by atomic mass is 79.9. The van der Waals surface area contributed by atoms with Crippen LogP contribution >= 0.6 is 28.6 Å². The molecular formula is C10H10BrNO3S. The minimum atomic E-state index is -1.10. The topological polar surface area (TPSA) is 66.4 Å². The first kappa shape index (κ1) is 13.1. The number of carboxylic acids is 1. The van der Waals surface area contributed by atoms with Crippen molar-refractivity contribution in [2.45, 2.75) is 6.04 Å². The van der Waals surface area contributed by atoms with E-state index in [1.165, 1.54) is 0 Å². The van der Waals surface area contributed by atoms with Crippen LogP contribution in [0.15, 0.2) is 28.7 Å². The second-order valence-electron chi connectivity index (χ2n) is 3.03. The van der Waals surface area contributed by atoms with Crippen molar-refractivity contribution in [1.29, 1.82) is 0 Å². The number of amides is 1. The molecule has 86 valence electrons. The van der Waals surface area contributed by atoms with Crippen LogP contribution in [0.2, 0.25) is 0 Å². The van der Waals surface area contributed by atoms with Crippen molar-refractivity contribution in [2.24, 2.45) is 0 Å². The van der Waals surface area contributed by atoms with Crippen LogP contribution < -0.4 is 5.32 Å². The molecule has 0 radical (unpaired) electrons. The molecule has 0 unspecified atom stereocenters. The monoisotopic (exact) mass is 303 g/mol. The third-order valence-corrected chi connectivity index (χ3v) is 2.96. The van der Waals surface area contributed by atoms with Crippen molar-refractivity contribution in [1.82, 2.24) is 5.32 Å². The van der Waals surface area contributed by atoms with Crippen LogP contribution in [0, 0.1) is 0 Å². The minimum absolute atomic E-state index is 0.0471. The van der Waals surface area contributed by atoms with E-state index in [-0.39, 0.29) is 5.75 Å². The first-order chi connectivity index (χ1) is 7.56. The molecular weight excluding hydrogens is 294 g/mol. The smallest absolute Gasteiger partial charge is 0.327 e. The number of hydrogen-bond acceptors (Lipinski definition) is 3. The number of carbonyl (C=O) groups is 2. The summed E-state index contributed by atoms with van der Waals surface area (Å²) in [5.41, 5.74) is 0.399. The maximum absolute atomic E-state index is 11.7. The number of hydrogen-bond donors (Lipinski definition) is 3. The van der Waals surface area contributed by atoms with E-state index in [1.54, 1.807) is 24.3 Å². The van der Waals surface area contributed by atoms with E-state index in [0.717, 1.165) is 0 Å². The fourth-order valence-electron chi connectivity index (χ4n) is 1.07. The van der Waals surface area contributed by atoms with Gasteiger partial charge < -0.3 is 10.4 Å². The molecule has 0 aliphatic rings. The second-order valence-corrected chi connectivity index (χ2v) is 4.25. The van der Waals surface area contributed by atoms with Crippen LogP contribution in [-0.4, -0.2) is 28.8 Å². The highest BCUT2D eigenvalue weighted by molar-refractivity contribution is 9.10. The molecule has 6 heteroatoms. The van der Waals surface area contributed by atoms with E-state index in [9.17, 15) is 9.59 Å². The number of aliphatic carboxylic acids is 1. The molecule has 1 amide bonds. The lowest BCUT2D eigenvalue weighted by Crippen LogP contribution is -2.42. The summed E-state index contributed by atoms with van der Waals surface area (Å²) in [4.78, 5) is 22.4. The van der Waals surface area contributed by atoms with Gasteiger partial charge in [-0.05, 0) is 28.1 Å². The van der Waals surface area contributed by atoms with Gasteiger partial charge in [-0.1, -0.05) is 12.1 Å². The predicted octanol–water partition coefficient (Wildman–Crippen LogP) is 1.56. The van der Waals surface area contributed by atoms with Crippen molar-refractivity contribution in [3.63, 3.8) is 0 Å². The van der Waals surface area contributed by atoms with Crippen molar-refractivity contribution in [3.05, 3.63) is 34.3 Å². The summed E-state index contributed by atoms with van der Waals surface area (Å²) in [5, 5.41) is 11.1. The SMILES string of the molecule is O=C(N[C@@H](CS)C(=O)O)c1ccccc1Br. The van der Waals surface area contributed by atoms with Gasteiger partial charge >= 0.3 is 5.97 Å². The summed E-state index contributed by atoms with van der Waals surface area (Å²) in [6, 6.07) is 5.81. The first-order valence-corrected chi connectivity index (χ1v) is 5.88. The van der Waals surface area contributed by atoms with E-state index in [0.29, 0.717) is 10.0 Å². The molecule has 0 spiro atoms. The quantitative estimate of drug-likeness (QED) is 0.740. The van der Waals surface area contributed by atoms with Gasteiger partial charge in [0, 0.05) is 10.2 Å². The zero-order valence-corrected chi connectivity index (χ0v) is 10.7. The van der Waals surface area contributed by atoms with Gasteiger partial charge in [-0.15, -0.1) is 0 Å². The Bertz CT molecular complexity index is 411. The van der Waals surface area contributed by atoms with Gasteiger partial charge in [0.15, 0.2) is 0 Å². The van der Waals surface area contributed by atoms with Gasteiger partial charge in [-0.2, -0.15) is 12.6 Å². The number of carboxylic acid groups (broad SMARTS) is 1. The Labute approximate surface area is 107 Å². The molecule has 2 N–H and O–H groups in total. The van der Waals surface area contributed by atoms with Crippen LogP contribution in [-0.2, 0) is 4.79 Å². The highest BCUT2D eigenvalue weighted by Gasteiger charge is 2.19. The molecule has 0 bridgehead atoms. The third kappa shape index (κ3) is 3.24. The van der Waals surface area contributed by atoms with Gasteiger partial charge in [0.25, 0.3) is 5.91 Å². The summed E-state index contributed by atoms with van der Waals surface area (Å²) in [6.07, 6.45) is 0. The second kappa shape index (κ2) is 5.91. The van der Waals surface area contributed by atoms with E-state index in [4.69, 9.17) is 5.11 Å². The number of thiol groups is 1. The normalized spacial score (nSPS) is 11.9. The zero-order valence-electron chi connectivity index (χ0n) is 8.18. The molecule has 0 aliphatic heterocycles. The van der Waals surface area contributed by atoms with Crippen molar-refractivity contribution >= 4 is 40.4 Å². The molecule has 1 atom stereocenters. The van der Waals surface area contributed by atoms with Crippen LogP contribution in [0.5, 0.6) is 0 Å². The molecule has 1 aromatic rings. The molecule has 1 rings (SSSR count). The van der Waals surface area contributed by atoms with Crippen LogP contribution in [0.25, 0.3) is 0 Å². The lowest BCUT2D eigenvalue weighted by molar-refractivity contribution is -0.138. The minimum Gasteiger partial charge on any atom is -0.480 e. The zero-order chi connectivity index (χ0) is 12.1. The van der Waals surface area contributed by atoms with E-state index < -0.39 is 17.9 Å². The standard InChI is InChI=1S/C10H10BrNO3S/c11-7-4-2-1-3-6(7)9(13)12-8(5-16)10(14)15/h1-4,8,16H,5H2,(H,12,13)(H,14,15)/t8-/m0/s1. The Hall–Kier alpha value is -1.01. The fourth-order valence-corrected chi connectivity index (χ4v) is 1.78. The van der Waals surface area contributed by atoms with Gasteiger partial charge in [0.2, 0.25) is 0 Å². The predicted molar refractivity (Wildman–Crippen MR) is 66.9 cm³/mol. The molecule has 0 fully saturated rings. The Balaban J connectivity index is 2.80. The largest absolute Gasteiger partial charge is 0.480 e. The lowest BCUT2D eigenvalue weighted by atomic mass is 10.2. The van der Waals surface area contributed by atoms with E-state index in [2.05, 4.69) is 33.9 Å². The molecule has 0 heterocycles. The summed E-state index contributed by atoms with van der Waals surface area (Å²) < 4.78 is 0.621. The number of carbonyl (C=O) groups excluding carboxylic acids is 1. The Morgan fingerprint density at radius 1 is 1.44 bits per heavy atom. The van der Waals surface area contributed by atoms with Gasteiger partial charge in [-0.25, -0.2) is 4.79 Å². The summed E-state index contributed by atoms with van der Waals surface area (Å²) in [7, 11) is 0. The Kier molecular flexibility index (Phi) is 4.82. The van der Waals surface area contributed by atoms with Crippen LogP contribution in [0.4, 0.5) is 0 Å². The van der Waals surface area contributed by atoms with Crippen molar-refractivity contribution < 1.29 is 14.7 Å². The summed E-state index contributed by atoms with van der Waals surface area (Å²) >= 11 is 7.08. The number of nitrogens with one attached hydrogen (secondary N) is 1. The van der Waals surface area contributed by atoms with Crippen molar-refractivity contribution in [2.75, 3.05) is 5.75 Å². The van der Waals surface area contributed by atoms with Crippen molar-refractivity contribution in [3.8, 4) is 0 Å². The average molecular weight is 304 g/mol. The summed E-state index contributed by atoms with van der Waals surface area (Å²) in [6.45, 7) is 0. The molecule has 16 heavy (non-hydrogen) atoms. The molecule has 0 aromatic heterocycles. The third-order valence-electron chi connectivity index (χ3n) is 1.90. The Morgan fingerprint density at radius 2 is 2.06 bits per heavy atom. The van der Waals surface area contributed by atoms with Gasteiger partial charge in [0.1, 0.15) is 6.04 Å². The number of halogens is 1. The molecule has 1 aromatic carbocycles. The fraction of sp³-hybridized carbons (Fsp3) is 0.200. The van der Waals surface area contributed by atoms with Crippen LogP contribution in [0.1, 0.15) is 10.4 Å². The molecule has 0 saturated carbocycles. The molecule has 0 aliphatic carbocycles. The first-order valence-electron chi connectivity index (χ1n) is 4.45. The van der Waals surface area contributed by atoms with Gasteiger partial charge in [-0.3, -0.25) is 4.79 Å². The lowest BCUT2D eigenvalue weighted by Gasteiger charge is -2.12. The highest BCUT2D eigenvalue weighted by Crippen LogP contribution is 2.15. The molecule has 0 saturated heterocycles. The average Bonchev–Trinajstić information content (AvgIpc) is 2.25. The summed E-state index contributed by atoms with van der Waals surface area (Å²) in [5.74, 6) is -1.49. The Morgan fingerprint density at radius 3 is 2.56 bits per heavy atom. The molecule has 4 nitrogen and oxygen atoms in total. The van der Waals surface area contributed by atoms with Gasteiger partial charge in [0.05, 0.1) is 5.56 Å². The van der Waals surface area contributed by atoms with E-state index >= 15 is 0 Å². The maximum Gasteiger partial charge on any atom is 0.327 e. The van der Waals surface area contributed by atoms with E-state index in [1.807, 2.05) is 0 Å². The maximum atomic E-state index is 11.7. The van der Waals surface area contributed by atoms with Crippen LogP contribution in [0.3, 0.4) is 0 Å². The number of benzene rings is 1.